The molecule has 1 heterocycles. The standard InChI is InChI=1S/C10H19BrO2S/c1-12-4-2-5-13-6-3-9-7-14-8-10(9)11/h9-10H,2-8H2,1H3. The monoisotopic (exact) mass is 282 g/mol. The van der Waals surface area contributed by atoms with E-state index in [4.69, 9.17) is 9.47 Å². The van der Waals surface area contributed by atoms with Crippen molar-refractivity contribution in [2.24, 2.45) is 5.92 Å². The maximum absolute atomic E-state index is 5.54. The fourth-order valence-electron chi connectivity index (χ4n) is 1.48. The van der Waals surface area contributed by atoms with Gasteiger partial charge in [0.25, 0.3) is 0 Å². The van der Waals surface area contributed by atoms with Gasteiger partial charge < -0.3 is 9.47 Å². The van der Waals surface area contributed by atoms with Crippen LogP contribution < -0.4 is 0 Å². The number of halogens is 1. The van der Waals surface area contributed by atoms with E-state index in [1.807, 2.05) is 11.8 Å². The molecular weight excluding hydrogens is 264 g/mol. The molecule has 0 spiro atoms. The molecule has 0 aromatic heterocycles. The van der Waals surface area contributed by atoms with E-state index in [9.17, 15) is 0 Å². The van der Waals surface area contributed by atoms with E-state index in [2.05, 4.69) is 15.9 Å². The fraction of sp³-hybridized carbons (Fsp3) is 1.00. The van der Waals surface area contributed by atoms with Gasteiger partial charge in [-0.05, 0) is 24.5 Å². The lowest BCUT2D eigenvalue weighted by Gasteiger charge is -2.12. The van der Waals surface area contributed by atoms with Crippen molar-refractivity contribution in [2.45, 2.75) is 17.7 Å². The maximum atomic E-state index is 5.54. The van der Waals surface area contributed by atoms with Gasteiger partial charge in [-0.1, -0.05) is 15.9 Å². The molecule has 2 nitrogen and oxygen atoms in total. The fourth-order valence-corrected chi connectivity index (χ4v) is 4.07. The lowest BCUT2D eigenvalue weighted by atomic mass is 10.1. The van der Waals surface area contributed by atoms with E-state index in [-0.39, 0.29) is 0 Å². The average molecular weight is 283 g/mol. The highest BCUT2D eigenvalue weighted by molar-refractivity contribution is 9.09. The van der Waals surface area contributed by atoms with Crippen molar-refractivity contribution in [1.29, 1.82) is 0 Å². The van der Waals surface area contributed by atoms with E-state index in [1.54, 1.807) is 7.11 Å². The molecule has 0 aromatic carbocycles. The molecule has 0 radical (unpaired) electrons. The van der Waals surface area contributed by atoms with E-state index in [0.29, 0.717) is 4.83 Å². The first-order valence-corrected chi connectivity index (χ1v) is 7.20. The highest BCUT2D eigenvalue weighted by Crippen LogP contribution is 2.31. The summed E-state index contributed by atoms with van der Waals surface area (Å²) in [5.74, 6) is 3.36. The molecule has 0 aromatic rings. The van der Waals surface area contributed by atoms with Crippen molar-refractivity contribution in [3.8, 4) is 0 Å². The summed E-state index contributed by atoms with van der Waals surface area (Å²) in [6.07, 6.45) is 2.20. The molecule has 84 valence electrons. The highest BCUT2D eigenvalue weighted by Gasteiger charge is 2.24. The summed E-state index contributed by atoms with van der Waals surface area (Å²) < 4.78 is 10.5. The summed E-state index contributed by atoms with van der Waals surface area (Å²) in [5, 5.41) is 0. The molecule has 0 N–H and O–H groups in total. The van der Waals surface area contributed by atoms with Gasteiger partial charge in [0.05, 0.1) is 0 Å². The Morgan fingerprint density at radius 2 is 2.14 bits per heavy atom. The largest absolute Gasteiger partial charge is 0.385 e. The van der Waals surface area contributed by atoms with Gasteiger partial charge in [-0.3, -0.25) is 0 Å². The average Bonchev–Trinajstić information content (AvgIpc) is 2.58. The van der Waals surface area contributed by atoms with E-state index in [1.165, 1.54) is 17.9 Å². The summed E-state index contributed by atoms with van der Waals surface area (Å²) in [5.41, 5.74) is 0. The molecule has 0 saturated carbocycles. The Morgan fingerprint density at radius 3 is 2.79 bits per heavy atom. The molecule has 4 heteroatoms. The van der Waals surface area contributed by atoms with Crippen LogP contribution >= 0.6 is 27.7 Å². The third-order valence-electron chi connectivity index (χ3n) is 2.39. The topological polar surface area (TPSA) is 18.5 Å². The Kier molecular flexibility index (Phi) is 7.29. The van der Waals surface area contributed by atoms with Crippen LogP contribution in [-0.4, -0.2) is 43.3 Å². The zero-order chi connectivity index (χ0) is 10.2. The molecule has 1 aliphatic heterocycles. The van der Waals surface area contributed by atoms with Gasteiger partial charge in [0, 0.05) is 37.5 Å². The molecule has 2 atom stereocenters. The predicted molar refractivity (Wildman–Crippen MR) is 65.5 cm³/mol. The van der Waals surface area contributed by atoms with Crippen molar-refractivity contribution in [3.63, 3.8) is 0 Å². The molecule has 1 saturated heterocycles. The molecule has 1 aliphatic rings. The van der Waals surface area contributed by atoms with Crippen molar-refractivity contribution in [1.82, 2.24) is 0 Å². The second-order valence-corrected chi connectivity index (χ2v) is 5.81. The van der Waals surface area contributed by atoms with Crippen LogP contribution in [0.4, 0.5) is 0 Å². The summed E-state index contributed by atoms with van der Waals surface area (Å²) in [6.45, 7) is 2.54. The summed E-state index contributed by atoms with van der Waals surface area (Å²) in [7, 11) is 1.73. The molecule has 0 bridgehead atoms. The van der Waals surface area contributed by atoms with Crippen molar-refractivity contribution < 1.29 is 9.47 Å². The molecule has 1 rings (SSSR count). The van der Waals surface area contributed by atoms with E-state index < -0.39 is 0 Å². The van der Waals surface area contributed by atoms with Crippen LogP contribution in [0.15, 0.2) is 0 Å². The van der Waals surface area contributed by atoms with Crippen LogP contribution in [0.5, 0.6) is 0 Å². The first-order valence-electron chi connectivity index (χ1n) is 5.13. The third-order valence-corrected chi connectivity index (χ3v) is 5.15. The van der Waals surface area contributed by atoms with Gasteiger partial charge in [0.1, 0.15) is 0 Å². The quantitative estimate of drug-likeness (QED) is 0.528. The third kappa shape index (κ3) is 5.01. The van der Waals surface area contributed by atoms with Crippen LogP contribution in [0.3, 0.4) is 0 Å². The summed E-state index contributed by atoms with van der Waals surface area (Å²) in [4.78, 5) is 0.704. The van der Waals surface area contributed by atoms with Crippen molar-refractivity contribution in [2.75, 3.05) is 38.4 Å². The Labute approximate surface area is 99.2 Å². The second-order valence-electron chi connectivity index (χ2n) is 3.56. The Morgan fingerprint density at radius 1 is 1.29 bits per heavy atom. The Hall–Kier alpha value is 0.750. The van der Waals surface area contributed by atoms with Crippen LogP contribution in [0.25, 0.3) is 0 Å². The lowest BCUT2D eigenvalue weighted by Crippen LogP contribution is -2.14. The minimum Gasteiger partial charge on any atom is -0.385 e. The van der Waals surface area contributed by atoms with Crippen molar-refractivity contribution in [3.05, 3.63) is 0 Å². The Balaban J connectivity index is 1.88. The number of thioether (sulfide) groups is 1. The van der Waals surface area contributed by atoms with Gasteiger partial charge in [-0.2, -0.15) is 11.8 Å². The number of alkyl halides is 1. The Bertz CT molecular complexity index is 146. The van der Waals surface area contributed by atoms with Crippen LogP contribution in [0.1, 0.15) is 12.8 Å². The molecule has 0 aliphatic carbocycles. The summed E-state index contributed by atoms with van der Waals surface area (Å²) in [6, 6.07) is 0. The van der Waals surface area contributed by atoms with Gasteiger partial charge in [0.2, 0.25) is 0 Å². The first kappa shape index (κ1) is 12.8. The van der Waals surface area contributed by atoms with Gasteiger partial charge in [-0.25, -0.2) is 0 Å². The SMILES string of the molecule is COCCCOCCC1CSCC1Br. The smallest absolute Gasteiger partial charge is 0.0487 e. The second kappa shape index (κ2) is 7.97. The van der Waals surface area contributed by atoms with Crippen LogP contribution in [-0.2, 0) is 9.47 Å². The molecule has 2 unspecified atom stereocenters. The van der Waals surface area contributed by atoms with Gasteiger partial charge in [-0.15, -0.1) is 0 Å². The van der Waals surface area contributed by atoms with Gasteiger partial charge in [0.15, 0.2) is 0 Å². The first-order chi connectivity index (χ1) is 6.84. The van der Waals surface area contributed by atoms with Crippen molar-refractivity contribution >= 4 is 27.7 Å². The number of ether oxygens (including phenoxy) is 2. The summed E-state index contributed by atoms with van der Waals surface area (Å²) >= 11 is 5.74. The van der Waals surface area contributed by atoms with Crippen LogP contribution in [0.2, 0.25) is 0 Å². The lowest BCUT2D eigenvalue weighted by molar-refractivity contribution is 0.0958. The number of hydrogen-bond donors (Lipinski definition) is 0. The van der Waals surface area contributed by atoms with E-state index >= 15 is 0 Å². The normalized spacial score (nSPS) is 27.0. The minimum atomic E-state index is 0.704. The molecule has 14 heavy (non-hydrogen) atoms. The van der Waals surface area contributed by atoms with E-state index in [0.717, 1.165) is 32.2 Å². The minimum absolute atomic E-state index is 0.704. The number of rotatable bonds is 7. The number of methoxy groups -OCH3 is 1. The maximum Gasteiger partial charge on any atom is 0.0487 e. The van der Waals surface area contributed by atoms with Crippen LogP contribution in [0, 0.1) is 5.92 Å². The highest BCUT2D eigenvalue weighted by atomic mass is 79.9. The molecule has 1 fully saturated rings. The number of hydrogen-bond acceptors (Lipinski definition) is 3. The van der Waals surface area contributed by atoms with Gasteiger partial charge >= 0.3 is 0 Å². The zero-order valence-electron chi connectivity index (χ0n) is 8.71. The molecule has 0 amide bonds. The molecular formula is C10H19BrO2S. The zero-order valence-corrected chi connectivity index (χ0v) is 11.1. The predicted octanol–water partition coefficient (Wildman–Crippen LogP) is 2.56.